The summed E-state index contributed by atoms with van der Waals surface area (Å²) < 4.78 is 61.0. The molecule has 0 radical (unpaired) electrons. The van der Waals surface area contributed by atoms with Crippen molar-refractivity contribution in [1.29, 1.82) is 0 Å². The minimum absolute atomic E-state index is 0.0187. The maximum Gasteiger partial charge on any atom is 0.274 e. The number of anilines is 1. The number of phosphoric ester groups is 3. The third kappa shape index (κ3) is 30.8. The van der Waals surface area contributed by atoms with Gasteiger partial charge in [0.2, 0.25) is 11.8 Å². The molecule has 2 aromatic rings. The number of thioether (sulfide) groups is 1. The molecule has 24 nitrogen and oxygen atoms in total. The molecule has 0 aliphatic carbocycles. The summed E-state index contributed by atoms with van der Waals surface area (Å²) in [5, 5.41) is 26.6. The van der Waals surface area contributed by atoms with Crippen molar-refractivity contribution in [2.75, 3.05) is 37.8 Å². The molecule has 0 bridgehead atoms. The molecule has 2 aromatic heterocycles. The summed E-state index contributed by atoms with van der Waals surface area (Å²) in [5.41, 5.74) is 4.10. The van der Waals surface area contributed by atoms with Crippen molar-refractivity contribution in [3.8, 4) is 0 Å². The molecule has 2 unspecified atom stereocenters. The maximum atomic E-state index is 12.7. The number of carbonyl (C=O) groups excluding carboxylic acids is 3. The molecule has 1 aliphatic rings. The Balaban J connectivity index is 1.16. The maximum absolute atomic E-state index is 12.7. The van der Waals surface area contributed by atoms with Crippen LogP contribution in [0.5, 0.6) is 0 Å². The average Bonchev–Trinajstić information content (AvgIpc) is 4.11. The van der Waals surface area contributed by atoms with Gasteiger partial charge in [0, 0.05) is 37.1 Å². The predicted octanol–water partition coefficient (Wildman–Crippen LogP) is 6.96. The van der Waals surface area contributed by atoms with Gasteiger partial charge < -0.3 is 69.0 Å². The molecule has 0 aromatic carbocycles. The van der Waals surface area contributed by atoms with Gasteiger partial charge in [-0.2, -0.15) is 0 Å². The second-order valence-electron chi connectivity index (χ2n) is 20.4. The second kappa shape index (κ2) is 39.2. The number of unbranched alkanes of at least 4 members (excludes halogenated alkanes) is 16. The van der Waals surface area contributed by atoms with E-state index in [0.717, 1.165) is 73.9 Å². The quantitative estimate of drug-likeness (QED) is 0.0254. The summed E-state index contributed by atoms with van der Waals surface area (Å²) >= 11 is 1.15. The van der Waals surface area contributed by atoms with Gasteiger partial charge in [-0.1, -0.05) is 165 Å². The van der Waals surface area contributed by atoms with Gasteiger partial charge in [-0.05, 0) is 51.4 Å². The SMILES string of the molecule is CCCCC/C=C\C/C=C\C/C=C\C/C=C\CCCCCCCCCCCCCCCC(=O)SCCNC(=O)CCNC(=O)[C@H](O)C(C)(C)COP(=O)([O-])OP(=O)([O-])OC[C@H]1O[C@@H](n2cnc3c(N)ncnc32)[C@H](O)[C@@H]1OP(=O)([O-])[O-]. The number of carbonyl (C=O) groups is 3. The van der Waals surface area contributed by atoms with E-state index in [0.29, 0.717) is 12.2 Å². The van der Waals surface area contributed by atoms with Crippen molar-refractivity contribution < 1.29 is 80.5 Å². The van der Waals surface area contributed by atoms with Crippen molar-refractivity contribution >= 4 is 69.1 Å². The fraction of sp³-hybridized carbons (Fsp3) is 0.698. The van der Waals surface area contributed by atoms with Crippen LogP contribution in [-0.2, 0) is 50.7 Å². The van der Waals surface area contributed by atoms with Crippen molar-refractivity contribution in [3.05, 3.63) is 61.3 Å². The number of nitrogens with two attached hydrogens (primary N) is 1. The first-order chi connectivity index (χ1) is 38.6. The molecule has 2 amide bonds. The summed E-state index contributed by atoms with van der Waals surface area (Å²) in [7, 11) is -17.6. The lowest BCUT2D eigenvalue weighted by molar-refractivity contribution is -0.347. The Hall–Kier alpha value is -3.48. The number of hydrogen-bond donors (Lipinski definition) is 5. The van der Waals surface area contributed by atoms with E-state index in [1.807, 2.05) is 0 Å². The van der Waals surface area contributed by atoms with Crippen molar-refractivity contribution in [3.63, 3.8) is 0 Å². The van der Waals surface area contributed by atoms with Crippen molar-refractivity contribution in [2.45, 2.75) is 199 Å². The van der Waals surface area contributed by atoms with Crippen LogP contribution in [0.2, 0.25) is 0 Å². The second-order valence-corrected chi connectivity index (χ2v) is 25.6. The van der Waals surface area contributed by atoms with Gasteiger partial charge in [0.1, 0.15) is 36.3 Å². The molecule has 6 N–H and O–H groups in total. The zero-order chi connectivity index (χ0) is 59.6. The van der Waals surface area contributed by atoms with E-state index < -0.39 is 84.6 Å². The largest absolute Gasteiger partial charge is 0.790 e. The number of phosphoric acid groups is 3. The van der Waals surface area contributed by atoms with E-state index >= 15 is 0 Å². The van der Waals surface area contributed by atoms with Gasteiger partial charge >= 0.3 is 0 Å². The number of fused-ring (bicyclic) bond motifs is 1. The highest BCUT2D eigenvalue weighted by atomic mass is 32.2. The standard InChI is InChI=1S/C53H90N7O17P3S/c1-4-5-6-7-8-9-10-11-12-13-14-15-16-17-18-19-20-21-22-23-24-25-26-27-28-29-30-31-32-33-44(62)81-37-36-55-43(61)34-35-56-51(65)48(64)53(2,3)39-74-80(71,72)77-79(69,70)73-38-42-47(76-78(66,67)68)46(63)52(75-42)60-41-59-45-49(54)57-40-58-50(45)60/h8-9,11-12,14-15,17-18,40-42,46-48,52,63-64H,4-7,10,13,16,19-39H2,1-3H3,(H,55,61)(H,56,65)(H,69,70)(H,71,72)(H2,54,57,58)(H2,66,67,68)/p-4/b9-8-,12-11-,15-14-,18-17-/t42-,46-,47-,48+,52-/m1/s1. The molecule has 1 aliphatic heterocycles. The van der Waals surface area contributed by atoms with Crippen LogP contribution in [0.1, 0.15) is 175 Å². The third-order valence-corrected chi connectivity index (χ3v) is 16.9. The molecule has 3 rings (SSSR count). The highest BCUT2D eigenvalue weighted by Crippen LogP contribution is 2.56. The summed E-state index contributed by atoms with van der Waals surface area (Å²) in [4.78, 5) is 97.3. The van der Waals surface area contributed by atoms with Crippen LogP contribution in [0.4, 0.5) is 5.82 Å². The molecular formula is C53H86N7O17P3S-4. The molecule has 0 saturated carbocycles. The van der Waals surface area contributed by atoms with Crippen LogP contribution in [-0.4, -0.2) is 103 Å². The fourth-order valence-electron chi connectivity index (χ4n) is 8.38. The first kappa shape index (κ1) is 71.8. The molecule has 7 atom stereocenters. The normalized spacial score (nSPS) is 19.1. The lowest BCUT2D eigenvalue weighted by atomic mass is 9.87. The number of aliphatic hydroxyl groups is 2. The Bertz CT molecular complexity index is 2440. The van der Waals surface area contributed by atoms with Crippen LogP contribution in [0.25, 0.3) is 11.2 Å². The van der Waals surface area contributed by atoms with Gasteiger partial charge in [0.15, 0.2) is 22.8 Å². The number of nitrogens with zero attached hydrogens (tertiary/aromatic N) is 4. The van der Waals surface area contributed by atoms with Crippen LogP contribution >= 0.6 is 35.2 Å². The third-order valence-electron chi connectivity index (χ3n) is 12.9. The number of aromatic nitrogens is 4. The molecule has 1 fully saturated rings. The summed E-state index contributed by atoms with van der Waals surface area (Å²) in [5.74, 6) is -1.14. The van der Waals surface area contributed by atoms with Gasteiger partial charge in [0.05, 0.1) is 27.4 Å². The summed E-state index contributed by atoms with van der Waals surface area (Å²) in [6.45, 7) is 2.41. The molecule has 460 valence electrons. The van der Waals surface area contributed by atoms with E-state index in [1.165, 1.54) is 104 Å². The Labute approximate surface area is 481 Å². The van der Waals surface area contributed by atoms with Gasteiger partial charge in [-0.3, -0.25) is 28.1 Å². The van der Waals surface area contributed by atoms with Crippen LogP contribution in [0, 0.1) is 5.41 Å². The zero-order valence-corrected chi connectivity index (χ0v) is 50.6. The number of ether oxygens (including phenoxy) is 1. The highest BCUT2D eigenvalue weighted by Gasteiger charge is 2.47. The lowest BCUT2D eigenvalue weighted by Crippen LogP contribution is -2.46. The molecule has 1 saturated heterocycles. The van der Waals surface area contributed by atoms with Crippen LogP contribution < -0.4 is 35.9 Å². The molecule has 3 heterocycles. The lowest BCUT2D eigenvalue weighted by Gasteiger charge is -2.36. The fourth-order valence-corrected chi connectivity index (χ4v) is 11.8. The summed E-state index contributed by atoms with van der Waals surface area (Å²) in [6.07, 6.45) is 35.9. The van der Waals surface area contributed by atoms with Crippen LogP contribution in [0.3, 0.4) is 0 Å². The first-order valence-corrected chi connectivity index (χ1v) is 33.5. The smallest absolute Gasteiger partial charge is 0.274 e. The predicted molar refractivity (Wildman–Crippen MR) is 302 cm³/mol. The minimum Gasteiger partial charge on any atom is -0.790 e. The van der Waals surface area contributed by atoms with Gasteiger partial charge in [-0.15, -0.1) is 0 Å². The highest BCUT2D eigenvalue weighted by molar-refractivity contribution is 8.13. The Morgan fingerprint density at radius 2 is 1.31 bits per heavy atom. The Morgan fingerprint density at radius 1 is 0.765 bits per heavy atom. The van der Waals surface area contributed by atoms with E-state index in [1.54, 1.807) is 0 Å². The Kier molecular flexibility index (Phi) is 34.7. The van der Waals surface area contributed by atoms with E-state index in [-0.39, 0.29) is 41.6 Å². The van der Waals surface area contributed by atoms with E-state index in [2.05, 4.69) is 99.0 Å². The monoisotopic (exact) mass is 1220 g/mol. The van der Waals surface area contributed by atoms with Crippen molar-refractivity contribution in [1.82, 2.24) is 30.2 Å². The molecule has 81 heavy (non-hydrogen) atoms. The first-order valence-electron chi connectivity index (χ1n) is 28.1. The molecule has 0 spiro atoms. The number of rotatable bonds is 45. The minimum atomic E-state index is -5.93. The number of imidazole rings is 1. The topological polar surface area (TPSA) is 375 Å². The molecule has 28 heteroatoms. The van der Waals surface area contributed by atoms with E-state index in [4.69, 9.17) is 10.5 Å². The number of nitrogens with one attached hydrogen (secondary N) is 2. The Morgan fingerprint density at radius 3 is 1.89 bits per heavy atom. The summed E-state index contributed by atoms with van der Waals surface area (Å²) in [6, 6.07) is 0. The van der Waals surface area contributed by atoms with Crippen molar-refractivity contribution in [2.24, 2.45) is 5.41 Å². The number of nitrogen functional groups attached to an aromatic ring is 1. The zero-order valence-electron chi connectivity index (χ0n) is 47.1. The average molecular weight is 1220 g/mol. The van der Waals surface area contributed by atoms with Crippen LogP contribution in [0.15, 0.2) is 61.3 Å². The number of allylic oxidation sites excluding steroid dienone is 8. The molecular weight excluding hydrogens is 1130 g/mol. The van der Waals surface area contributed by atoms with E-state index in [9.17, 15) is 57.9 Å². The number of hydrogen-bond acceptors (Lipinski definition) is 22. The van der Waals surface area contributed by atoms with Gasteiger partial charge in [0.25, 0.3) is 15.6 Å². The number of amides is 2. The van der Waals surface area contributed by atoms with Gasteiger partial charge in [-0.25, -0.2) is 19.3 Å². The number of aliphatic hydroxyl groups excluding tert-OH is 2.